The fourth-order valence-corrected chi connectivity index (χ4v) is 3.95. The van der Waals surface area contributed by atoms with Crippen molar-refractivity contribution in [3.05, 3.63) is 23.8 Å². The van der Waals surface area contributed by atoms with Crippen molar-refractivity contribution < 1.29 is 27.8 Å². The highest BCUT2D eigenvalue weighted by Crippen LogP contribution is 2.43. The minimum atomic E-state index is -2.96. The number of carbonyl (C=O) groups excluding carboxylic acids is 1. The Kier molecular flexibility index (Phi) is 5.95. The molecule has 2 aliphatic rings. The Hall–Kier alpha value is -2.20. The average molecular weight is 379 g/mol. The van der Waals surface area contributed by atoms with Crippen LogP contribution >= 0.6 is 0 Å². The number of carbonyl (C=O) groups is 1. The Bertz CT molecular complexity index is 727. The molecule has 1 aromatic rings. The summed E-state index contributed by atoms with van der Waals surface area (Å²) in [6.45, 7) is -2.96. The lowest BCUT2D eigenvalue weighted by Crippen LogP contribution is -2.40. The smallest absolute Gasteiger partial charge is 0.387 e. The van der Waals surface area contributed by atoms with Gasteiger partial charge in [-0.25, -0.2) is 0 Å². The molecule has 0 aromatic heterocycles. The summed E-state index contributed by atoms with van der Waals surface area (Å²) in [4.78, 5) is 12.0. The van der Waals surface area contributed by atoms with E-state index in [4.69, 9.17) is 9.47 Å². The summed E-state index contributed by atoms with van der Waals surface area (Å²) in [5, 5.41) is 9.88. The number of hydrogen-bond donors (Lipinski definition) is 0. The predicted molar refractivity (Wildman–Crippen MR) is 92.9 cm³/mol. The number of nitriles is 1. The van der Waals surface area contributed by atoms with Crippen LogP contribution in [0, 0.1) is 11.3 Å². The molecule has 0 aliphatic heterocycles. The minimum absolute atomic E-state index is 0.0246. The molecule has 2 aliphatic carbocycles. The number of ether oxygens (including phenoxy) is 3. The fraction of sp³-hybridized carbons (Fsp3) is 0.600. The lowest BCUT2D eigenvalue weighted by Gasteiger charge is -2.35. The number of benzene rings is 1. The highest BCUT2D eigenvalue weighted by molar-refractivity contribution is 5.84. The van der Waals surface area contributed by atoms with Crippen LogP contribution in [0.5, 0.6) is 11.5 Å². The Balaban J connectivity index is 1.94. The van der Waals surface area contributed by atoms with Gasteiger partial charge in [-0.15, -0.1) is 0 Å². The van der Waals surface area contributed by atoms with Gasteiger partial charge in [-0.3, -0.25) is 4.79 Å². The summed E-state index contributed by atoms with van der Waals surface area (Å²) >= 11 is 0. The molecule has 27 heavy (non-hydrogen) atoms. The van der Waals surface area contributed by atoms with E-state index in [1.54, 1.807) is 12.1 Å². The SMILES string of the molecule is COC1CC(C#N)(c2ccc(OC(F)F)c(OC3CCCC3)c2)CCC1=O. The van der Waals surface area contributed by atoms with E-state index < -0.39 is 18.1 Å². The zero-order chi connectivity index (χ0) is 19.4. The summed E-state index contributed by atoms with van der Waals surface area (Å²) < 4.78 is 41.3. The zero-order valence-electron chi connectivity index (χ0n) is 15.2. The van der Waals surface area contributed by atoms with E-state index in [0.717, 1.165) is 25.7 Å². The van der Waals surface area contributed by atoms with E-state index in [9.17, 15) is 18.8 Å². The van der Waals surface area contributed by atoms with E-state index in [0.29, 0.717) is 12.0 Å². The van der Waals surface area contributed by atoms with Gasteiger partial charge in [0.15, 0.2) is 17.3 Å². The van der Waals surface area contributed by atoms with Crippen LogP contribution in [0.25, 0.3) is 0 Å². The van der Waals surface area contributed by atoms with Crippen LogP contribution in [0.3, 0.4) is 0 Å². The molecule has 7 heteroatoms. The van der Waals surface area contributed by atoms with Gasteiger partial charge in [-0.1, -0.05) is 6.07 Å². The number of rotatable bonds is 6. The Morgan fingerprint density at radius 2 is 2.00 bits per heavy atom. The molecular formula is C20H23F2NO4. The molecule has 0 saturated heterocycles. The number of methoxy groups -OCH3 is 1. The highest BCUT2D eigenvalue weighted by atomic mass is 19.3. The first-order valence-corrected chi connectivity index (χ1v) is 9.20. The molecule has 2 unspecified atom stereocenters. The van der Waals surface area contributed by atoms with Crippen LogP contribution in [-0.2, 0) is 14.9 Å². The van der Waals surface area contributed by atoms with Gasteiger partial charge in [-0.05, 0) is 49.8 Å². The number of hydrogen-bond acceptors (Lipinski definition) is 5. The third-order valence-corrected chi connectivity index (χ3v) is 5.50. The van der Waals surface area contributed by atoms with Crippen molar-refractivity contribution in [3.8, 4) is 17.6 Å². The number of alkyl halides is 2. The van der Waals surface area contributed by atoms with Gasteiger partial charge in [0.1, 0.15) is 6.10 Å². The molecule has 146 valence electrons. The topological polar surface area (TPSA) is 68.6 Å². The van der Waals surface area contributed by atoms with Gasteiger partial charge in [0.25, 0.3) is 0 Å². The van der Waals surface area contributed by atoms with Crippen molar-refractivity contribution in [1.29, 1.82) is 5.26 Å². The van der Waals surface area contributed by atoms with E-state index in [1.165, 1.54) is 13.2 Å². The molecule has 2 atom stereocenters. The van der Waals surface area contributed by atoms with Crippen molar-refractivity contribution in [2.75, 3.05) is 7.11 Å². The molecule has 2 fully saturated rings. The van der Waals surface area contributed by atoms with Gasteiger partial charge in [0, 0.05) is 20.0 Å². The van der Waals surface area contributed by atoms with E-state index in [1.807, 2.05) is 0 Å². The number of ketones is 1. The Morgan fingerprint density at radius 1 is 1.26 bits per heavy atom. The van der Waals surface area contributed by atoms with Crippen molar-refractivity contribution in [2.45, 2.75) is 69.2 Å². The van der Waals surface area contributed by atoms with Crippen LogP contribution in [0.2, 0.25) is 0 Å². The molecule has 0 heterocycles. The zero-order valence-corrected chi connectivity index (χ0v) is 15.2. The van der Waals surface area contributed by atoms with Crippen molar-refractivity contribution >= 4 is 5.78 Å². The second kappa shape index (κ2) is 8.22. The van der Waals surface area contributed by atoms with Gasteiger partial charge in [-0.2, -0.15) is 14.0 Å². The first-order chi connectivity index (χ1) is 13.0. The molecule has 0 amide bonds. The molecule has 0 spiro atoms. The number of Topliss-reactive ketones (excluding diaryl/α,β-unsaturated/α-hetero) is 1. The number of halogens is 2. The van der Waals surface area contributed by atoms with Crippen LogP contribution in [-0.4, -0.2) is 31.7 Å². The molecule has 3 rings (SSSR count). The summed E-state index contributed by atoms with van der Waals surface area (Å²) in [6, 6.07) is 6.96. The monoisotopic (exact) mass is 379 g/mol. The maximum absolute atomic E-state index is 12.8. The summed E-state index contributed by atoms with van der Waals surface area (Å²) in [6.07, 6.45) is 3.94. The molecule has 1 aromatic carbocycles. The highest BCUT2D eigenvalue weighted by Gasteiger charge is 2.42. The number of nitrogens with zero attached hydrogens (tertiary/aromatic N) is 1. The summed E-state index contributed by atoms with van der Waals surface area (Å²) in [5.74, 6) is 0.160. The van der Waals surface area contributed by atoms with Crippen LogP contribution in [0.4, 0.5) is 8.78 Å². The quantitative estimate of drug-likeness (QED) is 0.743. The van der Waals surface area contributed by atoms with Crippen LogP contribution < -0.4 is 9.47 Å². The van der Waals surface area contributed by atoms with Crippen molar-refractivity contribution in [3.63, 3.8) is 0 Å². The summed E-state index contributed by atoms with van der Waals surface area (Å²) in [5.41, 5.74) is -0.291. The fourth-order valence-electron chi connectivity index (χ4n) is 3.95. The third kappa shape index (κ3) is 4.22. The lowest BCUT2D eigenvalue weighted by molar-refractivity contribution is -0.132. The Labute approximate surface area is 157 Å². The lowest BCUT2D eigenvalue weighted by atomic mass is 9.69. The summed E-state index contributed by atoms with van der Waals surface area (Å²) in [7, 11) is 1.45. The normalized spacial score (nSPS) is 26.2. The second-order valence-corrected chi connectivity index (χ2v) is 7.15. The molecule has 0 radical (unpaired) electrons. The molecule has 5 nitrogen and oxygen atoms in total. The molecule has 2 saturated carbocycles. The maximum atomic E-state index is 12.8. The standard InChI is InChI=1S/C20H23F2NO4/c1-25-18-11-20(12-23,9-8-15(18)24)13-6-7-16(27-19(21)22)17(10-13)26-14-4-2-3-5-14/h6-7,10,14,18-19H,2-5,8-9,11H2,1H3. The first-order valence-electron chi connectivity index (χ1n) is 9.20. The van der Waals surface area contributed by atoms with Crippen molar-refractivity contribution in [1.82, 2.24) is 0 Å². The predicted octanol–water partition coefficient (Wildman–Crippen LogP) is 4.14. The van der Waals surface area contributed by atoms with E-state index in [2.05, 4.69) is 10.8 Å². The Morgan fingerprint density at radius 3 is 2.63 bits per heavy atom. The minimum Gasteiger partial charge on any atom is -0.487 e. The third-order valence-electron chi connectivity index (χ3n) is 5.50. The van der Waals surface area contributed by atoms with Gasteiger partial charge >= 0.3 is 6.61 Å². The second-order valence-electron chi connectivity index (χ2n) is 7.15. The molecule has 0 N–H and O–H groups in total. The van der Waals surface area contributed by atoms with E-state index in [-0.39, 0.29) is 36.2 Å². The van der Waals surface area contributed by atoms with Gasteiger partial charge in [0.05, 0.1) is 17.6 Å². The van der Waals surface area contributed by atoms with Gasteiger partial charge in [0.2, 0.25) is 0 Å². The van der Waals surface area contributed by atoms with Crippen LogP contribution in [0.15, 0.2) is 18.2 Å². The molecular weight excluding hydrogens is 356 g/mol. The maximum Gasteiger partial charge on any atom is 0.387 e. The van der Waals surface area contributed by atoms with Crippen molar-refractivity contribution in [2.24, 2.45) is 0 Å². The van der Waals surface area contributed by atoms with E-state index >= 15 is 0 Å². The van der Waals surface area contributed by atoms with Gasteiger partial charge < -0.3 is 14.2 Å². The van der Waals surface area contributed by atoms with Crippen LogP contribution in [0.1, 0.15) is 50.5 Å². The molecule has 0 bridgehead atoms. The average Bonchev–Trinajstić information content (AvgIpc) is 3.16. The first kappa shape index (κ1) is 19.6. The largest absolute Gasteiger partial charge is 0.487 e.